The molecule has 1 saturated heterocycles. The summed E-state index contributed by atoms with van der Waals surface area (Å²) in [4.78, 5) is 16.3. The van der Waals surface area contributed by atoms with Gasteiger partial charge >= 0.3 is 0 Å². The molecule has 0 amide bonds. The summed E-state index contributed by atoms with van der Waals surface area (Å²) < 4.78 is 16.1. The van der Waals surface area contributed by atoms with E-state index in [4.69, 9.17) is 14.2 Å². The van der Waals surface area contributed by atoms with E-state index < -0.39 is 0 Å². The molecule has 28 heavy (non-hydrogen) atoms. The number of benzene rings is 2. The highest BCUT2D eigenvalue weighted by atomic mass is 32.2. The third-order valence-corrected chi connectivity index (χ3v) is 6.20. The van der Waals surface area contributed by atoms with Crippen molar-refractivity contribution in [2.45, 2.75) is 11.4 Å². The third kappa shape index (κ3) is 3.31. The summed E-state index contributed by atoms with van der Waals surface area (Å²) in [6.45, 7) is 0. The standard InChI is InChI=1S/C21H22N2O4S/c1-25-17-9-14(10-18(26-2)20(17)27-3)19(24)16-11-28-21(23-16)13-5-4-12-6-7-22-15(12)8-13/h4-10,16,21-23H,11H2,1-3H3. The maximum atomic E-state index is 13.1. The first-order valence-corrected chi connectivity index (χ1v) is 9.98. The fraction of sp³-hybridized carbons (Fsp3) is 0.286. The number of aromatic nitrogens is 1. The number of nitrogens with one attached hydrogen (secondary N) is 2. The van der Waals surface area contributed by atoms with Gasteiger partial charge in [0.15, 0.2) is 17.3 Å². The number of ketones is 1. The monoisotopic (exact) mass is 398 g/mol. The lowest BCUT2D eigenvalue weighted by atomic mass is 10.0. The van der Waals surface area contributed by atoms with Gasteiger partial charge in [0.25, 0.3) is 0 Å². The minimum absolute atomic E-state index is 0.00945. The molecule has 0 bridgehead atoms. The molecule has 2 unspecified atom stereocenters. The van der Waals surface area contributed by atoms with Crippen molar-refractivity contribution in [1.29, 1.82) is 0 Å². The lowest BCUT2D eigenvalue weighted by Crippen LogP contribution is -2.34. The second-order valence-corrected chi connectivity index (χ2v) is 7.67. The predicted octanol–water partition coefficient (Wildman–Crippen LogP) is 3.78. The summed E-state index contributed by atoms with van der Waals surface area (Å²) >= 11 is 1.73. The molecule has 2 N–H and O–H groups in total. The summed E-state index contributed by atoms with van der Waals surface area (Å²) in [6, 6.07) is 11.5. The van der Waals surface area contributed by atoms with Gasteiger partial charge in [0.05, 0.1) is 32.7 Å². The van der Waals surface area contributed by atoms with Crippen molar-refractivity contribution in [3.63, 3.8) is 0 Å². The molecule has 0 spiro atoms. The fourth-order valence-electron chi connectivity index (χ4n) is 3.47. The van der Waals surface area contributed by atoms with Crippen LogP contribution in [0.3, 0.4) is 0 Å². The average molecular weight is 398 g/mol. The first-order valence-electron chi connectivity index (χ1n) is 8.93. The largest absolute Gasteiger partial charge is 0.493 e. The minimum Gasteiger partial charge on any atom is -0.493 e. The first-order chi connectivity index (χ1) is 13.6. The highest BCUT2D eigenvalue weighted by molar-refractivity contribution is 7.99. The Hall–Kier alpha value is -2.64. The number of fused-ring (bicyclic) bond motifs is 1. The number of H-pyrrole nitrogens is 1. The van der Waals surface area contributed by atoms with Crippen LogP contribution in [0.1, 0.15) is 21.3 Å². The minimum atomic E-state index is -0.280. The van der Waals surface area contributed by atoms with E-state index in [-0.39, 0.29) is 17.2 Å². The van der Waals surface area contributed by atoms with Crippen LogP contribution in [0.5, 0.6) is 17.2 Å². The Labute approximate surface area is 167 Å². The molecule has 6 nitrogen and oxygen atoms in total. The van der Waals surface area contributed by atoms with Crippen LogP contribution in [0.2, 0.25) is 0 Å². The normalized spacial score (nSPS) is 19.0. The second kappa shape index (κ2) is 7.77. The van der Waals surface area contributed by atoms with Gasteiger partial charge in [-0.1, -0.05) is 12.1 Å². The van der Waals surface area contributed by atoms with Gasteiger partial charge in [0.1, 0.15) is 0 Å². The Bertz CT molecular complexity index is 992. The number of Topliss-reactive ketones (excluding diaryl/α,β-unsaturated/α-hetero) is 1. The van der Waals surface area contributed by atoms with Crippen molar-refractivity contribution in [3.05, 3.63) is 53.7 Å². The summed E-state index contributed by atoms with van der Waals surface area (Å²) in [7, 11) is 4.63. The highest BCUT2D eigenvalue weighted by Gasteiger charge is 2.32. The molecule has 2 atom stereocenters. The van der Waals surface area contributed by atoms with Gasteiger partial charge in [-0.25, -0.2) is 0 Å². The van der Waals surface area contributed by atoms with Gasteiger partial charge in [-0.2, -0.15) is 0 Å². The lowest BCUT2D eigenvalue weighted by Gasteiger charge is -2.16. The van der Waals surface area contributed by atoms with Crippen LogP contribution in [-0.4, -0.2) is 43.9 Å². The van der Waals surface area contributed by atoms with Gasteiger partial charge in [-0.05, 0) is 35.2 Å². The molecule has 2 aromatic carbocycles. The average Bonchev–Trinajstić information content (AvgIpc) is 3.40. The van der Waals surface area contributed by atoms with E-state index in [0.29, 0.717) is 28.6 Å². The number of aromatic amines is 1. The van der Waals surface area contributed by atoms with Crippen molar-refractivity contribution in [2.24, 2.45) is 0 Å². The maximum absolute atomic E-state index is 13.1. The fourth-order valence-corrected chi connectivity index (χ4v) is 4.70. The molecule has 1 aliphatic heterocycles. The Morgan fingerprint density at radius 3 is 2.46 bits per heavy atom. The van der Waals surface area contributed by atoms with Crippen LogP contribution in [0.4, 0.5) is 0 Å². The van der Waals surface area contributed by atoms with Crippen molar-refractivity contribution < 1.29 is 19.0 Å². The van der Waals surface area contributed by atoms with E-state index in [2.05, 4.69) is 28.5 Å². The molecule has 0 radical (unpaired) electrons. The van der Waals surface area contributed by atoms with Crippen LogP contribution in [0, 0.1) is 0 Å². The predicted molar refractivity (Wildman–Crippen MR) is 111 cm³/mol. The Morgan fingerprint density at radius 2 is 1.79 bits per heavy atom. The molecule has 3 aromatic rings. The van der Waals surface area contributed by atoms with Gasteiger partial charge in [-0.15, -0.1) is 11.8 Å². The number of ether oxygens (including phenoxy) is 3. The first kappa shape index (κ1) is 18.7. The zero-order valence-electron chi connectivity index (χ0n) is 15.9. The van der Waals surface area contributed by atoms with Gasteiger partial charge in [0, 0.05) is 23.0 Å². The van der Waals surface area contributed by atoms with Crippen LogP contribution in [0.25, 0.3) is 10.9 Å². The summed E-state index contributed by atoms with van der Waals surface area (Å²) in [5, 5.41) is 4.70. The van der Waals surface area contributed by atoms with E-state index in [0.717, 1.165) is 11.1 Å². The second-order valence-electron chi connectivity index (χ2n) is 6.54. The zero-order valence-corrected chi connectivity index (χ0v) is 16.8. The van der Waals surface area contributed by atoms with E-state index in [1.807, 2.05) is 12.3 Å². The number of thioether (sulfide) groups is 1. The van der Waals surface area contributed by atoms with Gasteiger partial charge in [0.2, 0.25) is 5.75 Å². The van der Waals surface area contributed by atoms with Crippen LogP contribution < -0.4 is 19.5 Å². The topological polar surface area (TPSA) is 72.6 Å². The van der Waals surface area contributed by atoms with E-state index in [1.165, 1.54) is 5.39 Å². The highest BCUT2D eigenvalue weighted by Crippen LogP contribution is 2.40. The molecule has 0 saturated carbocycles. The SMILES string of the molecule is COc1cc(C(=O)C2CSC(c3ccc4cc[nH]c4c3)N2)cc(OC)c1OC. The number of methoxy groups -OCH3 is 3. The number of hydrogen-bond acceptors (Lipinski definition) is 6. The molecule has 1 aliphatic rings. The maximum Gasteiger partial charge on any atom is 0.203 e. The van der Waals surface area contributed by atoms with E-state index in [1.54, 1.807) is 45.2 Å². The molecular weight excluding hydrogens is 376 g/mol. The van der Waals surface area contributed by atoms with E-state index >= 15 is 0 Å². The smallest absolute Gasteiger partial charge is 0.203 e. The van der Waals surface area contributed by atoms with Crippen molar-refractivity contribution in [1.82, 2.24) is 10.3 Å². The molecule has 1 aromatic heterocycles. The Morgan fingerprint density at radius 1 is 1.04 bits per heavy atom. The van der Waals surface area contributed by atoms with E-state index in [9.17, 15) is 4.79 Å². The van der Waals surface area contributed by atoms with Gasteiger partial charge in [-0.3, -0.25) is 10.1 Å². The van der Waals surface area contributed by atoms with Crippen LogP contribution in [0.15, 0.2) is 42.6 Å². The van der Waals surface area contributed by atoms with Gasteiger partial charge < -0.3 is 19.2 Å². The van der Waals surface area contributed by atoms with Crippen molar-refractivity contribution in [2.75, 3.05) is 27.1 Å². The molecule has 1 fully saturated rings. The summed E-state index contributed by atoms with van der Waals surface area (Å²) in [5.74, 6) is 2.14. The van der Waals surface area contributed by atoms with Crippen molar-refractivity contribution in [3.8, 4) is 17.2 Å². The molecule has 2 heterocycles. The quantitative estimate of drug-likeness (QED) is 0.616. The molecule has 4 rings (SSSR count). The number of carbonyl (C=O) groups is 1. The number of rotatable bonds is 6. The summed E-state index contributed by atoms with van der Waals surface area (Å²) in [5.41, 5.74) is 2.78. The van der Waals surface area contributed by atoms with Crippen molar-refractivity contribution >= 4 is 28.4 Å². The molecule has 146 valence electrons. The van der Waals surface area contributed by atoms with Crippen LogP contribution in [-0.2, 0) is 0 Å². The zero-order chi connectivity index (χ0) is 19.7. The Balaban J connectivity index is 1.56. The molecule has 7 heteroatoms. The Kier molecular flexibility index (Phi) is 5.19. The number of hydrogen-bond donors (Lipinski definition) is 2. The number of carbonyl (C=O) groups excluding carboxylic acids is 1. The lowest BCUT2D eigenvalue weighted by molar-refractivity contribution is 0.0955. The molecular formula is C21H22N2O4S. The molecule has 0 aliphatic carbocycles. The summed E-state index contributed by atoms with van der Waals surface area (Å²) in [6.07, 6.45) is 1.93. The van der Waals surface area contributed by atoms with Crippen LogP contribution >= 0.6 is 11.8 Å². The third-order valence-electron chi connectivity index (χ3n) is 4.93.